The molecule has 4 nitrogen and oxygen atoms in total. The average molecular weight is 405 g/mol. The van der Waals surface area contributed by atoms with Crippen molar-refractivity contribution in [2.45, 2.75) is 70.8 Å². The van der Waals surface area contributed by atoms with Crippen LogP contribution in [0.1, 0.15) is 59.8 Å². The second-order valence-corrected chi connectivity index (χ2v) is 10.2. The third-order valence-corrected chi connectivity index (χ3v) is 8.96. The van der Waals surface area contributed by atoms with Gasteiger partial charge in [-0.05, 0) is 74.5 Å². The van der Waals surface area contributed by atoms with Crippen LogP contribution in [-0.2, 0) is 19.1 Å². The van der Waals surface area contributed by atoms with E-state index in [-0.39, 0.29) is 39.7 Å². The topological polar surface area (TPSA) is 60.4 Å². The molecular weight excluding hydrogens is 376 g/mol. The molecule has 3 fully saturated rings. The van der Waals surface area contributed by atoms with E-state index in [2.05, 4.69) is 19.9 Å². The molecule has 0 unspecified atom stereocenters. The molecule has 0 amide bonds. The number of hydrogen-bond acceptors (Lipinski definition) is 4. The molecule has 0 spiro atoms. The van der Waals surface area contributed by atoms with Crippen molar-refractivity contribution in [2.75, 3.05) is 0 Å². The molecule has 7 atom stereocenters. The molecule has 0 bridgehead atoms. The van der Waals surface area contributed by atoms with Crippen LogP contribution in [0.4, 0.5) is 0 Å². The Morgan fingerprint density at radius 3 is 2.46 bits per heavy atom. The Hall–Kier alpha value is -1.42. The summed E-state index contributed by atoms with van der Waals surface area (Å²) in [4.78, 5) is 36.6. The second-order valence-electron chi connectivity index (χ2n) is 9.67. The number of carbonyl (C=O) groups is 3. The fourth-order valence-electron chi connectivity index (χ4n) is 7.26. The maximum Gasteiger partial charge on any atom is 0.303 e. The zero-order valence-electron chi connectivity index (χ0n) is 17.1. The summed E-state index contributed by atoms with van der Waals surface area (Å²) in [7, 11) is 0. The zero-order valence-corrected chi connectivity index (χ0v) is 17.8. The molecule has 152 valence electrons. The molecule has 0 aliphatic heterocycles. The molecule has 3 saturated carbocycles. The molecule has 0 heterocycles. The number of Topliss-reactive ketones (excluding diaryl/α,β-unsaturated/α-hetero) is 1. The largest absolute Gasteiger partial charge is 0.451 e. The highest BCUT2D eigenvalue weighted by atomic mass is 35.5. The first-order valence-corrected chi connectivity index (χ1v) is 10.8. The van der Waals surface area contributed by atoms with Crippen LogP contribution >= 0.6 is 11.6 Å². The molecule has 4 rings (SSSR count). The van der Waals surface area contributed by atoms with E-state index in [0.29, 0.717) is 18.3 Å². The SMILES string of the molecule is CC(=O)O[C@]1(C(C)=O)CC[C@H]2[C@@H]3C[C@H](Cl)C4=CC(=O)C=C[C@]4(C)[C@H]3CC[C@@]21C. The minimum Gasteiger partial charge on any atom is -0.451 e. The number of ketones is 2. The molecule has 4 aliphatic rings. The maximum atomic E-state index is 12.8. The quantitative estimate of drug-likeness (QED) is 0.505. The van der Waals surface area contributed by atoms with Gasteiger partial charge >= 0.3 is 5.97 Å². The van der Waals surface area contributed by atoms with Crippen LogP contribution < -0.4 is 0 Å². The van der Waals surface area contributed by atoms with Gasteiger partial charge in [0.1, 0.15) is 0 Å². The van der Waals surface area contributed by atoms with Gasteiger partial charge < -0.3 is 4.74 Å². The fraction of sp³-hybridized carbons (Fsp3) is 0.696. The number of hydrogen-bond donors (Lipinski definition) is 0. The normalized spacial score (nSPS) is 46.9. The maximum absolute atomic E-state index is 12.8. The number of carbonyl (C=O) groups excluding carboxylic acids is 3. The highest BCUT2D eigenvalue weighted by molar-refractivity contribution is 6.23. The minimum atomic E-state index is -1.02. The van der Waals surface area contributed by atoms with Crippen molar-refractivity contribution >= 4 is 29.1 Å². The van der Waals surface area contributed by atoms with Crippen LogP contribution in [-0.4, -0.2) is 28.5 Å². The number of fused-ring (bicyclic) bond motifs is 5. The summed E-state index contributed by atoms with van der Waals surface area (Å²) >= 11 is 6.81. The first-order chi connectivity index (χ1) is 13.0. The van der Waals surface area contributed by atoms with Gasteiger partial charge in [0.25, 0.3) is 0 Å². The Bertz CT molecular complexity index is 813. The molecule has 0 radical (unpaired) electrons. The molecule has 4 aliphatic carbocycles. The van der Waals surface area contributed by atoms with Gasteiger partial charge in [-0.3, -0.25) is 14.4 Å². The van der Waals surface area contributed by atoms with Crippen molar-refractivity contribution in [3.63, 3.8) is 0 Å². The minimum absolute atomic E-state index is 0.0172. The number of alkyl halides is 1. The lowest BCUT2D eigenvalue weighted by molar-refractivity contribution is -0.186. The number of rotatable bonds is 2. The molecule has 0 saturated heterocycles. The molecule has 0 aromatic rings. The van der Waals surface area contributed by atoms with E-state index < -0.39 is 5.60 Å². The Labute approximate surface area is 171 Å². The van der Waals surface area contributed by atoms with Gasteiger partial charge in [0.05, 0.1) is 5.38 Å². The van der Waals surface area contributed by atoms with E-state index in [0.717, 1.165) is 31.3 Å². The van der Waals surface area contributed by atoms with Crippen LogP contribution in [0.2, 0.25) is 0 Å². The Kier molecular flexibility index (Phi) is 4.46. The van der Waals surface area contributed by atoms with E-state index in [1.54, 1.807) is 19.1 Å². The van der Waals surface area contributed by atoms with E-state index in [4.69, 9.17) is 16.3 Å². The van der Waals surface area contributed by atoms with Crippen LogP contribution in [0.3, 0.4) is 0 Å². The van der Waals surface area contributed by atoms with Crippen LogP contribution in [0.15, 0.2) is 23.8 Å². The standard InChI is InChI=1S/C23H29ClO4/c1-13(25)23(28-14(2)26)10-7-18-16-12-20(24)19-11-15(27)5-8-21(19,3)17(16)6-9-22(18,23)4/h5,8,11,16-18,20H,6-7,9-10,12H2,1-4H3/t16-,17+,18+,20+,21-,22+,23+/m1/s1. The molecule has 0 N–H and O–H groups in total. The number of ether oxygens (including phenoxy) is 1. The third-order valence-electron chi connectivity index (χ3n) is 8.54. The van der Waals surface area contributed by atoms with Crippen molar-refractivity contribution in [3.05, 3.63) is 23.8 Å². The Morgan fingerprint density at radius 1 is 1.14 bits per heavy atom. The first kappa shape index (κ1) is 19.9. The van der Waals surface area contributed by atoms with E-state index in [1.807, 2.05) is 0 Å². The van der Waals surface area contributed by atoms with Crippen molar-refractivity contribution < 1.29 is 19.1 Å². The second kappa shape index (κ2) is 6.29. The third kappa shape index (κ3) is 2.46. The lowest BCUT2D eigenvalue weighted by Crippen LogP contribution is -2.59. The molecular formula is C23H29ClO4. The summed E-state index contributed by atoms with van der Waals surface area (Å²) in [6.07, 6.45) is 9.50. The predicted molar refractivity (Wildman–Crippen MR) is 107 cm³/mol. The van der Waals surface area contributed by atoms with Crippen molar-refractivity contribution in [1.82, 2.24) is 0 Å². The molecule has 28 heavy (non-hydrogen) atoms. The molecule has 5 heteroatoms. The van der Waals surface area contributed by atoms with Crippen molar-refractivity contribution in [3.8, 4) is 0 Å². The van der Waals surface area contributed by atoms with Gasteiger partial charge in [0, 0.05) is 17.8 Å². The summed E-state index contributed by atoms with van der Waals surface area (Å²) < 4.78 is 5.79. The number of allylic oxidation sites excluding steroid dienone is 4. The van der Waals surface area contributed by atoms with Crippen molar-refractivity contribution in [2.24, 2.45) is 28.6 Å². The highest BCUT2D eigenvalue weighted by Crippen LogP contribution is 2.68. The van der Waals surface area contributed by atoms with Gasteiger partial charge in [0.15, 0.2) is 17.2 Å². The van der Waals surface area contributed by atoms with E-state index >= 15 is 0 Å². The van der Waals surface area contributed by atoms with Crippen LogP contribution in [0, 0.1) is 28.6 Å². The van der Waals surface area contributed by atoms with Gasteiger partial charge in [0.2, 0.25) is 0 Å². The number of esters is 1. The lowest BCUT2D eigenvalue weighted by Gasteiger charge is -2.59. The molecule has 0 aromatic heterocycles. The monoisotopic (exact) mass is 404 g/mol. The summed E-state index contributed by atoms with van der Waals surface area (Å²) in [5.41, 5.74) is -0.560. The summed E-state index contributed by atoms with van der Waals surface area (Å²) in [6, 6.07) is 0. The van der Waals surface area contributed by atoms with Gasteiger partial charge in [-0.1, -0.05) is 19.9 Å². The summed E-state index contributed by atoms with van der Waals surface area (Å²) in [5, 5.41) is -0.177. The molecule has 0 aromatic carbocycles. The zero-order chi connectivity index (χ0) is 20.5. The Balaban J connectivity index is 1.75. The van der Waals surface area contributed by atoms with Crippen LogP contribution in [0.25, 0.3) is 0 Å². The van der Waals surface area contributed by atoms with Crippen molar-refractivity contribution in [1.29, 1.82) is 0 Å². The highest BCUT2D eigenvalue weighted by Gasteiger charge is 2.68. The summed E-state index contributed by atoms with van der Waals surface area (Å²) in [6.45, 7) is 7.30. The first-order valence-electron chi connectivity index (χ1n) is 10.3. The predicted octanol–water partition coefficient (Wildman–Crippen LogP) is 4.40. The number of halogens is 1. The average Bonchev–Trinajstić information content (AvgIpc) is 2.90. The smallest absolute Gasteiger partial charge is 0.303 e. The van der Waals surface area contributed by atoms with Gasteiger partial charge in [-0.25, -0.2) is 0 Å². The van der Waals surface area contributed by atoms with E-state index in [1.165, 1.54) is 6.92 Å². The fourth-order valence-corrected chi connectivity index (χ4v) is 7.77. The summed E-state index contributed by atoms with van der Waals surface area (Å²) in [5.74, 6) is 0.598. The van der Waals surface area contributed by atoms with Gasteiger partial charge in [-0.15, -0.1) is 11.6 Å². The lowest BCUT2D eigenvalue weighted by atomic mass is 9.47. The van der Waals surface area contributed by atoms with Crippen LogP contribution in [0.5, 0.6) is 0 Å². The van der Waals surface area contributed by atoms with E-state index in [9.17, 15) is 14.4 Å². The Morgan fingerprint density at radius 2 is 1.82 bits per heavy atom. The van der Waals surface area contributed by atoms with Gasteiger partial charge in [-0.2, -0.15) is 0 Å².